The number of carbonyl (C=O) groups excluding carboxylic acids is 3. The molecule has 0 N–H and O–H groups in total. The highest BCUT2D eigenvalue weighted by Crippen LogP contribution is 2.25. The maximum atomic E-state index is 13.1. The molecule has 1 atom stereocenters. The Morgan fingerprint density at radius 3 is 2.32 bits per heavy atom. The number of piperidine rings is 1. The molecule has 4 rings (SSSR count). The Balaban J connectivity index is 1.30. The zero-order chi connectivity index (χ0) is 22.0. The van der Waals surface area contributed by atoms with E-state index in [2.05, 4.69) is 0 Å². The number of likely N-dealkylation sites (tertiary alicyclic amines) is 1. The van der Waals surface area contributed by atoms with Gasteiger partial charge < -0.3 is 9.64 Å². The van der Waals surface area contributed by atoms with Crippen LogP contribution < -0.4 is 0 Å². The fourth-order valence-electron chi connectivity index (χ4n) is 4.38. The highest BCUT2D eigenvalue weighted by atomic mass is 19.1. The number of esters is 1. The van der Waals surface area contributed by atoms with E-state index in [0.29, 0.717) is 37.1 Å². The van der Waals surface area contributed by atoms with Crippen molar-refractivity contribution in [1.82, 2.24) is 4.90 Å². The van der Waals surface area contributed by atoms with E-state index in [9.17, 15) is 18.8 Å². The van der Waals surface area contributed by atoms with Gasteiger partial charge in [-0.25, -0.2) is 4.39 Å². The normalized spacial score (nSPS) is 17.2. The van der Waals surface area contributed by atoms with Gasteiger partial charge in [-0.15, -0.1) is 0 Å². The quantitative estimate of drug-likeness (QED) is 0.539. The van der Waals surface area contributed by atoms with Gasteiger partial charge >= 0.3 is 5.97 Å². The van der Waals surface area contributed by atoms with Gasteiger partial charge in [0.2, 0.25) is 5.78 Å². The van der Waals surface area contributed by atoms with Crippen LogP contribution in [0.25, 0.3) is 0 Å². The zero-order valence-corrected chi connectivity index (χ0v) is 17.6. The van der Waals surface area contributed by atoms with Gasteiger partial charge in [-0.2, -0.15) is 0 Å². The molecule has 1 fully saturated rings. The minimum absolute atomic E-state index is 0.174. The molecule has 1 aliphatic heterocycles. The van der Waals surface area contributed by atoms with E-state index in [4.69, 9.17) is 4.74 Å². The molecule has 0 saturated carbocycles. The summed E-state index contributed by atoms with van der Waals surface area (Å²) in [5.41, 5.74) is 3.52. The molecule has 1 saturated heterocycles. The van der Waals surface area contributed by atoms with Crippen molar-refractivity contribution in [2.24, 2.45) is 5.92 Å². The number of nitrogens with zero attached hydrogens (tertiary/aromatic N) is 1. The number of fused-ring (bicyclic) bond motifs is 1. The summed E-state index contributed by atoms with van der Waals surface area (Å²) in [6.07, 6.45) is 3.26. The average Bonchev–Trinajstić information content (AvgIpc) is 3.26. The Morgan fingerprint density at radius 2 is 1.61 bits per heavy atom. The molecule has 1 heterocycles. The summed E-state index contributed by atoms with van der Waals surface area (Å²) in [6.45, 7) is 2.45. The summed E-state index contributed by atoms with van der Waals surface area (Å²) in [4.78, 5) is 39.5. The topological polar surface area (TPSA) is 63.7 Å². The third-order valence-electron chi connectivity index (χ3n) is 6.25. The lowest BCUT2D eigenvalue weighted by Crippen LogP contribution is -2.41. The second-order valence-electron chi connectivity index (χ2n) is 8.35. The van der Waals surface area contributed by atoms with Crippen LogP contribution in [0.3, 0.4) is 0 Å². The smallest absolute Gasteiger partial charge is 0.309 e. The lowest BCUT2D eigenvalue weighted by Gasteiger charge is -2.31. The molecule has 2 aromatic carbocycles. The Bertz CT molecular complexity index is 993. The number of benzene rings is 2. The molecule has 1 aliphatic carbocycles. The predicted octanol–water partition coefficient (Wildman–Crippen LogP) is 3.98. The molecule has 0 unspecified atom stereocenters. The lowest BCUT2D eigenvalue weighted by molar-refractivity contribution is -0.152. The molecule has 2 aliphatic rings. The Morgan fingerprint density at radius 1 is 0.968 bits per heavy atom. The molecule has 0 radical (unpaired) electrons. The number of ether oxygens (including phenoxy) is 1. The van der Waals surface area contributed by atoms with Crippen LogP contribution in [0.1, 0.15) is 58.0 Å². The summed E-state index contributed by atoms with van der Waals surface area (Å²) in [5, 5.41) is 0. The zero-order valence-electron chi connectivity index (χ0n) is 17.6. The van der Waals surface area contributed by atoms with E-state index in [-0.39, 0.29) is 23.4 Å². The van der Waals surface area contributed by atoms with Gasteiger partial charge in [-0.3, -0.25) is 14.4 Å². The first kappa shape index (κ1) is 21.2. The van der Waals surface area contributed by atoms with Crippen LogP contribution in [0.5, 0.6) is 0 Å². The summed E-state index contributed by atoms with van der Waals surface area (Å²) in [7, 11) is 0. The molecule has 1 amide bonds. The van der Waals surface area contributed by atoms with E-state index in [0.717, 1.165) is 19.3 Å². The molecule has 162 valence electrons. The van der Waals surface area contributed by atoms with Gasteiger partial charge in [0.1, 0.15) is 5.82 Å². The number of carbonyl (C=O) groups is 3. The van der Waals surface area contributed by atoms with E-state index in [1.165, 1.54) is 35.4 Å². The second-order valence-corrected chi connectivity index (χ2v) is 8.35. The van der Waals surface area contributed by atoms with Crippen molar-refractivity contribution in [3.05, 3.63) is 70.5 Å². The molecular weight excluding hydrogens is 397 g/mol. The monoisotopic (exact) mass is 423 g/mol. The third-order valence-corrected chi connectivity index (χ3v) is 6.25. The maximum Gasteiger partial charge on any atom is 0.309 e. The lowest BCUT2D eigenvalue weighted by atomic mass is 9.96. The second kappa shape index (κ2) is 9.00. The number of hydrogen-bond acceptors (Lipinski definition) is 4. The van der Waals surface area contributed by atoms with Crippen molar-refractivity contribution in [3.8, 4) is 0 Å². The van der Waals surface area contributed by atoms with Gasteiger partial charge in [0.15, 0.2) is 6.10 Å². The largest absolute Gasteiger partial charge is 0.454 e. The van der Waals surface area contributed by atoms with Crippen LogP contribution >= 0.6 is 0 Å². The number of Topliss-reactive ketones (excluding diaryl/α,β-unsaturated/α-hetero) is 1. The maximum absolute atomic E-state index is 13.1. The van der Waals surface area contributed by atoms with Crippen molar-refractivity contribution in [2.75, 3.05) is 13.1 Å². The number of halogens is 1. The third kappa shape index (κ3) is 4.68. The minimum Gasteiger partial charge on any atom is -0.454 e. The molecule has 31 heavy (non-hydrogen) atoms. The van der Waals surface area contributed by atoms with Crippen molar-refractivity contribution < 1.29 is 23.5 Å². The molecule has 5 nitrogen and oxygen atoms in total. The summed E-state index contributed by atoms with van der Waals surface area (Å²) in [6, 6.07) is 11.2. The van der Waals surface area contributed by atoms with E-state index in [1.807, 2.05) is 18.2 Å². The van der Waals surface area contributed by atoms with E-state index >= 15 is 0 Å². The first-order chi connectivity index (χ1) is 14.9. The number of hydrogen-bond donors (Lipinski definition) is 0. The Labute approximate surface area is 181 Å². The minimum atomic E-state index is -0.842. The summed E-state index contributed by atoms with van der Waals surface area (Å²) < 4.78 is 18.5. The molecule has 0 bridgehead atoms. The van der Waals surface area contributed by atoms with Crippen LogP contribution in [0.15, 0.2) is 42.5 Å². The van der Waals surface area contributed by atoms with Gasteiger partial charge in [-0.05, 0) is 80.5 Å². The number of amides is 1. The van der Waals surface area contributed by atoms with Crippen molar-refractivity contribution in [1.29, 1.82) is 0 Å². The first-order valence-corrected chi connectivity index (χ1v) is 10.8. The van der Waals surface area contributed by atoms with Crippen molar-refractivity contribution in [3.63, 3.8) is 0 Å². The number of ketones is 1. The highest BCUT2D eigenvalue weighted by Gasteiger charge is 2.31. The van der Waals surface area contributed by atoms with Gasteiger partial charge in [-0.1, -0.05) is 12.1 Å². The summed E-state index contributed by atoms with van der Waals surface area (Å²) >= 11 is 0. The Hall–Kier alpha value is -3.02. The van der Waals surface area contributed by atoms with E-state index < -0.39 is 12.1 Å². The van der Waals surface area contributed by atoms with Crippen molar-refractivity contribution in [2.45, 2.75) is 45.1 Å². The fraction of sp³-hybridized carbons (Fsp3) is 0.400. The number of rotatable bonds is 5. The van der Waals surface area contributed by atoms with Gasteiger partial charge in [0.25, 0.3) is 5.91 Å². The van der Waals surface area contributed by atoms with Gasteiger partial charge in [0.05, 0.1) is 5.92 Å². The highest BCUT2D eigenvalue weighted by molar-refractivity contribution is 6.00. The first-order valence-electron chi connectivity index (χ1n) is 10.8. The SMILES string of the molecule is C[C@H](OC(=O)C1CCN(C(=O)c2ccc(F)cc2)CC1)C(=O)c1ccc2c(c1)CCC2. The van der Waals surface area contributed by atoms with E-state index in [1.54, 1.807) is 11.8 Å². The van der Waals surface area contributed by atoms with Crippen molar-refractivity contribution >= 4 is 17.7 Å². The van der Waals surface area contributed by atoms with Crippen LogP contribution in [0, 0.1) is 11.7 Å². The molecule has 0 aromatic heterocycles. The van der Waals surface area contributed by atoms with Crippen LogP contribution in [0.2, 0.25) is 0 Å². The van der Waals surface area contributed by atoms with Crippen LogP contribution in [0.4, 0.5) is 4.39 Å². The Kier molecular flexibility index (Phi) is 6.16. The predicted molar refractivity (Wildman–Crippen MR) is 113 cm³/mol. The average molecular weight is 423 g/mol. The van der Waals surface area contributed by atoms with Crippen LogP contribution in [-0.2, 0) is 22.4 Å². The molecule has 6 heteroatoms. The van der Waals surface area contributed by atoms with Gasteiger partial charge in [0, 0.05) is 24.2 Å². The van der Waals surface area contributed by atoms with Crippen LogP contribution in [-0.4, -0.2) is 41.8 Å². The summed E-state index contributed by atoms with van der Waals surface area (Å²) in [5.74, 6) is -1.48. The number of aryl methyl sites for hydroxylation is 2. The molecular formula is C25H26FNO4. The standard InChI is InChI=1S/C25H26FNO4/c1-16(23(28)21-6-5-17-3-2-4-20(17)15-21)31-25(30)19-11-13-27(14-12-19)24(29)18-7-9-22(26)10-8-18/h5-10,15-16,19H,2-4,11-14H2,1H3/t16-/m0/s1. The molecule has 0 spiro atoms. The molecule has 2 aromatic rings. The fourth-order valence-corrected chi connectivity index (χ4v) is 4.38.